The summed E-state index contributed by atoms with van der Waals surface area (Å²) in [5.74, 6) is 1.63. The van der Waals surface area contributed by atoms with Gasteiger partial charge in [0.15, 0.2) is 0 Å². The van der Waals surface area contributed by atoms with Crippen LogP contribution in [0.15, 0.2) is 42.6 Å². The SMILES string of the molecule is CCCNc1cc(-c2cnc3ccccc3c2)nc(C)n1. The van der Waals surface area contributed by atoms with Crippen LogP contribution in [-0.2, 0) is 0 Å². The number of pyridine rings is 1. The molecule has 2 aromatic heterocycles. The maximum Gasteiger partial charge on any atom is 0.130 e. The van der Waals surface area contributed by atoms with Crippen LogP contribution in [-0.4, -0.2) is 21.5 Å². The highest BCUT2D eigenvalue weighted by atomic mass is 15.0. The lowest BCUT2D eigenvalue weighted by atomic mass is 10.1. The Balaban J connectivity index is 2.02. The average Bonchev–Trinajstić information content (AvgIpc) is 2.52. The third kappa shape index (κ3) is 2.99. The smallest absolute Gasteiger partial charge is 0.130 e. The molecule has 0 bridgehead atoms. The zero-order valence-electron chi connectivity index (χ0n) is 12.3. The Hall–Kier alpha value is -2.49. The quantitative estimate of drug-likeness (QED) is 0.788. The molecule has 0 amide bonds. The van der Waals surface area contributed by atoms with Crippen LogP contribution >= 0.6 is 0 Å². The van der Waals surface area contributed by atoms with E-state index in [9.17, 15) is 0 Å². The Kier molecular flexibility index (Phi) is 3.77. The van der Waals surface area contributed by atoms with Gasteiger partial charge in [-0.15, -0.1) is 0 Å². The summed E-state index contributed by atoms with van der Waals surface area (Å²) >= 11 is 0. The summed E-state index contributed by atoms with van der Waals surface area (Å²) in [7, 11) is 0. The lowest BCUT2D eigenvalue weighted by Crippen LogP contribution is -2.04. The molecule has 21 heavy (non-hydrogen) atoms. The molecule has 0 fully saturated rings. The summed E-state index contributed by atoms with van der Waals surface area (Å²) in [4.78, 5) is 13.4. The van der Waals surface area contributed by atoms with Crippen molar-refractivity contribution in [3.63, 3.8) is 0 Å². The molecule has 1 aromatic carbocycles. The van der Waals surface area contributed by atoms with Gasteiger partial charge in [-0.25, -0.2) is 9.97 Å². The molecule has 0 aliphatic heterocycles. The molecule has 2 heterocycles. The van der Waals surface area contributed by atoms with Crippen LogP contribution in [0.1, 0.15) is 19.2 Å². The first-order valence-corrected chi connectivity index (χ1v) is 7.21. The molecular weight excluding hydrogens is 260 g/mol. The lowest BCUT2D eigenvalue weighted by molar-refractivity contribution is 0.955. The Morgan fingerprint density at radius 1 is 1.10 bits per heavy atom. The molecule has 3 aromatic rings. The number of aromatic nitrogens is 3. The van der Waals surface area contributed by atoms with E-state index in [4.69, 9.17) is 0 Å². The Bertz CT molecular complexity index is 768. The van der Waals surface area contributed by atoms with Crippen LogP contribution in [0, 0.1) is 6.92 Å². The molecule has 4 heteroatoms. The van der Waals surface area contributed by atoms with Crippen LogP contribution in [0.3, 0.4) is 0 Å². The number of nitrogens with one attached hydrogen (secondary N) is 1. The van der Waals surface area contributed by atoms with Crippen LogP contribution in [0.2, 0.25) is 0 Å². The Morgan fingerprint density at radius 3 is 2.81 bits per heavy atom. The number of benzene rings is 1. The van der Waals surface area contributed by atoms with Gasteiger partial charge in [0.2, 0.25) is 0 Å². The highest BCUT2D eigenvalue weighted by Crippen LogP contribution is 2.22. The molecule has 106 valence electrons. The van der Waals surface area contributed by atoms with E-state index in [1.165, 1.54) is 0 Å². The van der Waals surface area contributed by atoms with Crippen LogP contribution in [0.4, 0.5) is 5.82 Å². The number of para-hydroxylation sites is 1. The summed E-state index contributed by atoms with van der Waals surface area (Å²) in [6.45, 7) is 4.95. The molecule has 0 aliphatic carbocycles. The first-order valence-electron chi connectivity index (χ1n) is 7.21. The minimum atomic E-state index is 0.763. The second kappa shape index (κ2) is 5.87. The number of hydrogen-bond donors (Lipinski definition) is 1. The van der Waals surface area contributed by atoms with Crippen molar-refractivity contribution in [2.24, 2.45) is 0 Å². The molecule has 0 atom stereocenters. The van der Waals surface area contributed by atoms with E-state index in [1.54, 1.807) is 0 Å². The van der Waals surface area contributed by atoms with Crippen molar-refractivity contribution < 1.29 is 0 Å². The third-order valence-corrected chi connectivity index (χ3v) is 3.28. The molecule has 3 rings (SSSR count). The number of nitrogens with zero attached hydrogens (tertiary/aromatic N) is 3. The highest BCUT2D eigenvalue weighted by Gasteiger charge is 2.06. The Morgan fingerprint density at radius 2 is 1.95 bits per heavy atom. The zero-order chi connectivity index (χ0) is 14.7. The molecular formula is C17H18N4. The van der Waals surface area contributed by atoms with Gasteiger partial charge in [0.25, 0.3) is 0 Å². The van der Waals surface area contributed by atoms with Crippen molar-refractivity contribution >= 4 is 16.7 Å². The minimum absolute atomic E-state index is 0.763. The molecule has 0 unspecified atom stereocenters. The van der Waals surface area contributed by atoms with E-state index in [0.717, 1.165) is 46.8 Å². The fourth-order valence-electron chi connectivity index (χ4n) is 2.27. The fraction of sp³-hybridized carbons (Fsp3) is 0.235. The highest BCUT2D eigenvalue weighted by molar-refractivity contribution is 5.83. The predicted molar refractivity (Wildman–Crippen MR) is 86.3 cm³/mol. The van der Waals surface area contributed by atoms with E-state index in [-0.39, 0.29) is 0 Å². The molecule has 0 radical (unpaired) electrons. The molecule has 0 saturated heterocycles. The van der Waals surface area contributed by atoms with Crippen molar-refractivity contribution in [1.29, 1.82) is 0 Å². The average molecular weight is 278 g/mol. The largest absolute Gasteiger partial charge is 0.370 e. The summed E-state index contributed by atoms with van der Waals surface area (Å²) in [5, 5.41) is 4.43. The maximum absolute atomic E-state index is 4.53. The number of rotatable bonds is 4. The first kappa shape index (κ1) is 13.5. The Labute approximate surface area is 124 Å². The normalized spacial score (nSPS) is 10.8. The van der Waals surface area contributed by atoms with Gasteiger partial charge in [-0.2, -0.15) is 0 Å². The molecule has 0 aliphatic rings. The van der Waals surface area contributed by atoms with Crippen LogP contribution in [0.5, 0.6) is 0 Å². The molecule has 1 N–H and O–H groups in total. The van der Waals surface area contributed by atoms with Gasteiger partial charge in [0.1, 0.15) is 11.6 Å². The second-order valence-corrected chi connectivity index (χ2v) is 5.03. The van der Waals surface area contributed by atoms with Gasteiger partial charge in [-0.05, 0) is 25.5 Å². The van der Waals surface area contributed by atoms with Crippen molar-refractivity contribution in [1.82, 2.24) is 15.0 Å². The summed E-state index contributed by atoms with van der Waals surface area (Å²) < 4.78 is 0. The van der Waals surface area contributed by atoms with Crippen molar-refractivity contribution in [2.45, 2.75) is 20.3 Å². The van der Waals surface area contributed by atoms with E-state index in [2.05, 4.69) is 39.3 Å². The number of hydrogen-bond acceptors (Lipinski definition) is 4. The summed E-state index contributed by atoms with van der Waals surface area (Å²) in [6.07, 6.45) is 2.93. The van der Waals surface area contributed by atoms with Gasteiger partial charge in [0, 0.05) is 29.8 Å². The summed E-state index contributed by atoms with van der Waals surface area (Å²) in [6, 6.07) is 12.2. The topological polar surface area (TPSA) is 50.7 Å². The van der Waals surface area contributed by atoms with Crippen molar-refractivity contribution in [2.75, 3.05) is 11.9 Å². The number of fused-ring (bicyclic) bond motifs is 1. The fourth-order valence-corrected chi connectivity index (χ4v) is 2.27. The van der Waals surface area contributed by atoms with Crippen LogP contribution in [0.25, 0.3) is 22.2 Å². The summed E-state index contributed by atoms with van der Waals surface area (Å²) in [5.41, 5.74) is 2.91. The monoisotopic (exact) mass is 278 g/mol. The molecule has 0 spiro atoms. The van der Waals surface area contributed by atoms with E-state index >= 15 is 0 Å². The maximum atomic E-state index is 4.53. The van der Waals surface area contributed by atoms with E-state index in [0.29, 0.717) is 0 Å². The van der Waals surface area contributed by atoms with Gasteiger partial charge < -0.3 is 5.32 Å². The molecule has 4 nitrogen and oxygen atoms in total. The number of aryl methyl sites for hydroxylation is 1. The standard InChI is InChI=1S/C17H18N4/c1-3-8-18-17-10-16(20-12(2)21-17)14-9-13-6-4-5-7-15(13)19-11-14/h4-7,9-11H,3,8H2,1-2H3,(H,18,20,21). The van der Waals surface area contributed by atoms with Gasteiger partial charge in [-0.1, -0.05) is 25.1 Å². The minimum Gasteiger partial charge on any atom is -0.370 e. The van der Waals surface area contributed by atoms with E-state index < -0.39 is 0 Å². The predicted octanol–water partition coefficient (Wildman–Crippen LogP) is 3.82. The third-order valence-electron chi connectivity index (χ3n) is 3.28. The van der Waals surface area contributed by atoms with Crippen molar-refractivity contribution in [3.05, 3.63) is 48.4 Å². The van der Waals surface area contributed by atoms with Gasteiger partial charge >= 0.3 is 0 Å². The first-order chi connectivity index (χ1) is 10.3. The number of anilines is 1. The molecule has 0 saturated carbocycles. The second-order valence-electron chi connectivity index (χ2n) is 5.03. The zero-order valence-corrected chi connectivity index (χ0v) is 12.3. The van der Waals surface area contributed by atoms with Gasteiger partial charge in [-0.3, -0.25) is 4.98 Å². The van der Waals surface area contributed by atoms with E-state index in [1.807, 2.05) is 37.4 Å². The van der Waals surface area contributed by atoms with Crippen LogP contribution < -0.4 is 5.32 Å². The lowest BCUT2D eigenvalue weighted by Gasteiger charge is -2.08. The van der Waals surface area contributed by atoms with Crippen molar-refractivity contribution in [3.8, 4) is 11.3 Å². The van der Waals surface area contributed by atoms with Gasteiger partial charge in [0.05, 0.1) is 11.2 Å².